The summed E-state index contributed by atoms with van der Waals surface area (Å²) in [5.41, 5.74) is 1.52. The fraction of sp³-hybridized carbons (Fsp3) is 0.400. The van der Waals surface area contributed by atoms with Crippen molar-refractivity contribution in [2.75, 3.05) is 26.2 Å². The lowest BCUT2D eigenvalue weighted by Gasteiger charge is -2.31. The Hall–Kier alpha value is -1.92. The van der Waals surface area contributed by atoms with Crippen molar-refractivity contribution in [1.29, 1.82) is 0 Å². The first-order valence-electron chi connectivity index (χ1n) is 8.84. The van der Waals surface area contributed by atoms with Crippen LogP contribution in [0.25, 0.3) is 0 Å². The summed E-state index contributed by atoms with van der Waals surface area (Å²) in [4.78, 5) is 12.7. The number of nitrogens with zero attached hydrogens (tertiary/aromatic N) is 2. The molecule has 0 aromatic heterocycles. The standard InChI is InChI=1S/C20H24N2O3.BrH/c23-22(24)19-6-8-20(9-7-19)25-15-14-21-12-10-18(11-13-21)16-17-4-2-1-3-5-17;/h1-9,18H,10-16H2;1H. The lowest BCUT2D eigenvalue weighted by molar-refractivity contribution is -0.384. The fourth-order valence-electron chi connectivity index (χ4n) is 3.32. The lowest BCUT2D eigenvalue weighted by Crippen LogP contribution is -2.36. The van der Waals surface area contributed by atoms with Crippen molar-refractivity contribution in [1.82, 2.24) is 4.90 Å². The van der Waals surface area contributed by atoms with Crippen molar-refractivity contribution >= 4 is 22.7 Å². The highest BCUT2D eigenvalue weighted by Gasteiger charge is 2.19. The highest BCUT2D eigenvalue weighted by atomic mass is 79.9. The maximum absolute atomic E-state index is 10.6. The molecule has 0 atom stereocenters. The SMILES string of the molecule is Br.O=[N+]([O-])c1ccc(OCCN2CCC(Cc3ccccc3)CC2)cc1. The van der Waals surface area contributed by atoms with Gasteiger partial charge in [0.25, 0.3) is 5.69 Å². The number of nitro benzene ring substituents is 1. The predicted octanol–water partition coefficient (Wildman–Crippen LogP) is 4.51. The van der Waals surface area contributed by atoms with Crippen LogP contribution in [0.15, 0.2) is 54.6 Å². The van der Waals surface area contributed by atoms with Crippen molar-refractivity contribution < 1.29 is 9.66 Å². The normalized spacial score (nSPS) is 15.2. The number of hydrogen-bond donors (Lipinski definition) is 0. The Balaban J connectivity index is 0.00000243. The molecule has 0 bridgehead atoms. The molecule has 0 unspecified atom stereocenters. The number of hydrogen-bond acceptors (Lipinski definition) is 4. The van der Waals surface area contributed by atoms with Gasteiger partial charge in [0.05, 0.1) is 4.92 Å². The average Bonchev–Trinajstić information content (AvgIpc) is 2.64. The Morgan fingerprint density at radius 3 is 2.31 bits per heavy atom. The summed E-state index contributed by atoms with van der Waals surface area (Å²) in [7, 11) is 0. The number of piperidine rings is 1. The Labute approximate surface area is 164 Å². The maximum Gasteiger partial charge on any atom is 0.269 e. The summed E-state index contributed by atoms with van der Waals surface area (Å²) < 4.78 is 5.70. The third kappa shape index (κ3) is 6.11. The van der Waals surface area contributed by atoms with E-state index in [1.54, 1.807) is 12.1 Å². The van der Waals surface area contributed by atoms with E-state index >= 15 is 0 Å². The van der Waals surface area contributed by atoms with Gasteiger partial charge in [-0.1, -0.05) is 30.3 Å². The van der Waals surface area contributed by atoms with Gasteiger partial charge < -0.3 is 4.74 Å². The van der Waals surface area contributed by atoms with E-state index in [0.717, 1.165) is 25.6 Å². The zero-order chi connectivity index (χ0) is 17.5. The molecule has 2 aromatic rings. The Bertz CT molecular complexity index is 671. The van der Waals surface area contributed by atoms with Crippen LogP contribution in [0.4, 0.5) is 5.69 Å². The minimum atomic E-state index is -0.399. The van der Waals surface area contributed by atoms with Gasteiger partial charge in [-0.3, -0.25) is 15.0 Å². The van der Waals surface area contributed by atoms with Gasteiger partial charge in [0.1, 0.15) is 12.4 Å². The largest absolute Gasteiger partial charge is 0.492 e. The quantitative estimate of drug-likeness (QED) is 0.488. The zero-order valence-electron chi connectivity index (χ0n) is 14.8. The van der Waals surface area contributed by atoms with Crippen LogP contribution in [0.3, 0.4) is 0 Å². The third-order valence-corrected chi connectivity index (χ3v) is 4.80. The van der Waals surface area contributed by atoms with Gasteiger partial charge in [-0.2, -0.15) is 0 Å². The first-order chi connectivity index (χ1) is 12.2. The summed E-state index contributed by atoms with van der Waals surface area (Å²) >= 11 is 0. The van der Waals surface area contributed by atoms with Crippen molar-refractivity contribution in [2.24, 2.45) is 5.92 Å². The van der Waals surface area contributed by atoms with Crippen LogP contribution in [0.2, 0.25) is 0 Å². The monoisotopic (exact) mass is 420 g/mol. The smallest absolute Gasteiger partial charge is 0.269 e. The number of halogens is 1. The molecular formula is C20H25BrN2O3. The summed E-state index contributed by atoms with van der Waals surface area (Å²) in [5, 5.41) is 10.6. The van der Waals surface area contributed by atoms with Crippen LogP contribution in [0.1, 0.15) is 18.4 Å². The molecule has 1 aliphatic heterocycles. The molecule has 0 saturated carbocycles. The molecule has 1 saturated heterocycles. The second-order valence-corrected chi connectivity index (χ2v) is 6.57. The first kappa shape index (κ1) is 20.4. The number of non-ortho nitro benzene ring substituents is 1. The summed E-state index contributed by atoms with van der Waals surface area (Å²) in [6, 6.07) is 17.0. The molecule has 140 valence electrons. The molecule has 0 amide bonds. The summed E-state index contributed by atoms with van der Waals surface area (Å²) in [5.74, 6) is 1.46. The van der Waals surface area contributed by atoms with Gasteiger partial charge in [0, 0.05) is 18.7 Å². The van der Waals surface area contributed by atoms with E-state index in [0.29, 0.717) is 12.4 Å². The molecule has 6 heteroatoms. The van der Waals surface area contributed by atoms with Crippen LogP contribution < -0.4 is 4.74 Å². The van der Waals surface area contributed by atoms with E-state index in [9.17, 15) is 10.1 Å². The van der Waals surface area contributed by atoms with Gasteiger partial charge in [0.15, 0.2) is 0 Å². The first-order valence-corrected chi connectivity index (χ1v) is 8.84. The van der Waals surface area contributed by atoms with Gasteiger partial charge >= 0.3 is 0 Å². The number of rotatable bonds is 7. The average molecular weight is 421 g/mol. The minimum Gasteiger partial charge on any atom is -0.492 e. The van der Waals surface area contributed by atoms with E-state index in [-0.39, 0.29) is 22.7 Å². The molecule has 5 nitrogen and oxygen atoms in total. The fourth-order valence-corrected chi connectivity index (χ4v) is 3.32. The second kappa shape index (κ2) is 10.3. The Morgan fingerprint density at radius 2 is 1.69 bits per heavy atom. The Morgan fingerprint density at radius 1 is 1.04 bits per heavy atom. The van der Waals surface area contributed by atoms with E-state index in [4.69, 9.17) is 4.74 Å². The topological polar surface area (TPSA) is 55.6 Å². The van der Waals surface area contributed by atoms with Crippen molar-refractivity contribution in [3.63, 3.8) is 0 Å². The molecule has 0 spiro atoms. The lowest BCUT2D eigenvalue weighted by atomic mass is 9.90. The van der Waals surface area contributed by atoms with Gasteiger partial charge in [0.2, 0.25) is 0 Å². The zero-order valence-corrected chi connectivity index (χ0v) is 16.5. The van der Waals surface area contributed by atoms with Crippen LogP contribution in [0, 0.1) is 16.0 Å². The van der Waals surface area contributed by atoms with E-state index in [1.807, 2.05) is 0 Å². The van der Waals surface area contributed by atoms with Crippen LogP contribution in [-0.2, 0) is 6.42 Å². The molecule has 2 aromatic carbocycles. The Kier molecular flexibility index (Phi) is 8.06. The molecule has 1 aliphatic rings. The van der Waals surface area contributed by atoms with E-state index < -0.39 is 4.92 Å². The molecular weight excluding hydrogens is 396 g/mol. The van der Waals surface area contributed by atoms with Crippen LogP contribution in [-0.4, -0.2) is 36.1 Å². The van der Waals surface area contributed by atoms with Gasteiger partial charge in [-0.15, -0.1) is 17.0 Å². The van der Waals surface area contributed by atoms with Crippen molar-refractivity contribution in [3.05, 3.63) is 70.3 Å². The number of likely N-dealkylation sites (tertiary alicyclic amines) is 1. The highest BCUT2D eigenvalue weighted by Crippen LogP contribution is 2.22. The molecule has 0 N–H and O–H groups in total. The molecule has 0 aliphatic carbocycles. The molecule has 1 heterocycles. The molecule has 3 rings (SSSR count). The minimum absolute atomic E-state index is 0. The predicted molar refractivity (Wildman–Crippen MR) is 108 cm³/mol. The van der Waals surface area contributed by atoms with Gasteiger partial charge in [-0.05, 0) is 56.0 Å². The van der Waals surface area contributed by atoms with Crippen LogP contribution in [0.5, 0.6) is 5.75 Å². The van der Waals surface area contributed by atoms with E-state index in [2.05, 4.69) is 35.2 Å². The number of benzene rings is 2. The van der Waals surface area contributed by atoms with Crippen molar-refractivity contribution in [3.8, 4) is 5.75 Å². The molecule has 26 heavy (non-hydrogen) atoms. The van der Waals surface area contributed by atoms with Crippen LogP contribution >= 0.6 is 17.0 Å². The number of ether oxygens (including phenoxy) is 1. The second-order valence-electron chi connectivity index (χ2n) is 6.57. The highest BCUT2D eigenvalue weighted by molar-refractivity contribution is 8.93. The molecule has 1 fully saturated rings. The number of nitro groups is 1. The third-order valence-electron chi connectivity index (χ3n) is 4.80. The summed E-state index contributed by atoms with van der Waals surface area (Å²) in [6.07, 6.45) is 3.63. The summed E-state index contributed by atoms with van der Waals surface area (Å²) in [6.45, 7) is 3.73. The maximum atomic E-state index is 10.6. The molecule has 0 radical (unpaired) electrons. The van der Waals surface area contributed by atoms with Gasteiger partial charge in [-0.25, -0.2) is 0 Å². The van der Waals surface area contributed by atoms with E-state index in [1.165, 1.54) is 37.0 Å². The van der Waals surface area contributed by atoms with Crippen molar-refractivity contribution in [2.45, 2.75) is 19.3 Å².